The van der Waals surface area contributed by atoms with Crippen LogP contribution in [0.15, 0.2) is 46.1 Å². The Morgan fingerprint density at radius 3 is 2.75 bits per heavy atom. The molecule has 0 fully saturated rings. The third kappa shape index (κ3) is 2.63. The molecule has 0 saturated carbocycles. The van der Waals surface area contributed by atoms with Crippen LogP contribution >= 0.6 is 15.9 Å². The number of benzene rings is 1. The number of halogens is 1. The van der Waals surface area contributed by atoms with E-state index in [1.165, 1.54) is 5.56 Å². The lowest BCUT2D eigenvalue weighted by Crippen LogP contribution is -2.22. The standard InChI is InChI=1S/C15H17BrN4/c1-20-13(16)10-19-15(20)12(9-14-17-7-8-18-14)11-5-3-2-4-6-11/h2-6,10,12H,7-9H2,1H3,(H,17,18). The molecule has 1 atom stereocenters. The molecule has 1 aliphatic heterocycles. The van der Waals surface area contributed by atoms with Gasteiger partial charge < -0.3 is 9.88 Å². The van der Waals surface area contributed by atoms with Gasteiger partial charge in [-0.2, -0.15) is 0 Å². The summed E-state index contributed by atoms with van der Waals surface area (Å²) in [4.78, 5) is 9.09. The fourth-order valence-electron chi connectivity index (χ4n) is 2.55. The highest BCUT2D eigenvalue weighted by Crippen LogP contribution is 2.29. The van der Waals surface area contributed by atoms with Gasteiger partial charge in [-0.05, 0) is 21.5 Å². The minimum atomic E-state index is 0.219. The van der Waals surface area contributed by atoms with Crippen LogP contribution in [0, 0.1) is 0 Å². The van der Waals surface area contributed by atoms with Crippen LogP contribution in [-0.2, 0) is 7.05 Å². The van der Waals surface area contributed by atoms with Crippen molar-refractivity contribution < 1.29 is 0 Å². The third-order valence-electron chi connectivity index (χ3n) is 3.62. The summed E-state index contributed by atoms with van der Waals surface area (Å²) in [6, 6.07) is 10.5. The molecule has 0 radical (unpaired) electrons. The number of imidazole rings is 1. The van der Waals surface area contributed by atoms with Gasteiger partial charge in [0.2, 0.25) is 0 Å². The van der Waals surface area contributed by atoms with E-state index in [0.717, 1.165) is 35.8 Å². The molecule has 2 heterocycles. The van der Waals surface area contributed by atoms with Gasteiger partial charge in [0.1, 0.15) is 10.4 Å². The maximum Gasteiger partial charge on any atom is 0.117 e. The van der Waals surface area contributed by atoms with Crippen LogP contribution in [0.2, 0.25) is 0 Å². The lowest BCUT2D eigenvalue weighted by molar-refractivity contribution is 0.699. The summed E-state index contributed by atoms with van der Waals surface area (Å²) in [7, 11) is 2.03. The number of aromatic nitrogens is 2. The van der Waals surface area contributed by atoms with E-state index >= 15 is 0 Å². The van der Waals surface area contributed by atoms with E-state index < -0.39 is 0 Å². The first-order valence-corrected chi connectivity index (χ1v) is 7.54. The van der Waals surface area contributed by atoms with E-state index in [-0.39, 0.29) is 5.92 Å². The van der Waals surface area contributed by atoms with E-state index in [4.69, 9.17) is 0 Å². The minimum absolute atomic E-state index is 0.219. The second-order valence-corrected chi connectivity index (χ2v) is 5.73. The first-order chi connectivity index (χ1) is 9.75. The zero-order valence-corrected chi connectivity index (χ0v) is 13.0. The van der Waals surface area contributed by atoms with E-state index in [1.807, 2.05) is 19.3 Å². The Balaban J connectivity index is 1.97. The van der Waals surface area contributed by atoms with Crippen molar-refractivity contribution in [1.82, 2.24) is 14.9 Å². The molecule has 0 bridgehead atoms. The largest absolute Gasteiger partial charge is 0.372 e. The van der Waals surface area contributed by atoms with Crippen molar-refractivity contribution in [2.75, 3.05) is 13.1 Å². The Morgan fingerprint density at radius 1 is 1.35 bits per heavy atom. The number of amidine groups is 1. The number of rotatable bonds is 4. The molecule has 1 N–H and O–H groups in total. The van der Waals surface area contributed by atoms with E-state index in [0.29, 0.717) is 0 Å². The second-order valence-electron chi connectivity index (χ2n) is 4.92. The Bertz CT molecular complexity index is 618. The summed E-state index contributed by atoms with van der Waals surface area (Å²) in [5, 5.41) is 3.35. The van der Waals surface area contributed by atoms with Gasteiger partial charge in [-0.25, -0.2) is 4.98 Å². The van der Waals surface area contributed by atoms with Crippen molar-refractivity contribution in [1.29, 1.82) is 0 Å². The molecule has 0 spiro atoms. The summed E-state index contributed by atoms with van der Waals surface area (Å²) in [5.74, 6) is 2.36. The van der Waals surface area contributed by atoms with Crippen LogP contribution in [0.5, 0.6) is 0 Å². The van der Waals surface area contributed by atoms with Crippen LogP contribution in [0.3, 0.4) is 0 Å². The molecule has 5 heteroatoms. The van der Waals surface area contributed by atoms with Crippen molar-refractivity contribution in [3.63, 3.8) is 0 Å². The Hall–Kier alpha value is -1.62. The molecular weight excluding hydrogens is 316 g/mol. The summed E-state index contributed by atoms with van der Waals surface area (Å²) in [6.45, 7) is 1.82. The zero-order chi connectivity index (χ0) is 13.9. The van der Waals surface area contributed by atoms with Gasteiger partial charge in [-0.15, -0.1) is 0 Å². The van der Waals surface area contributed by atoms with Gasteiger partial charge in [-0.1, -0.05) is 30.3 Å². The van der Waals surface area contributed by atoms with Crippen LogP contribution in [0.4, 0.5) is 0 Å². The quantitative estimate of drug-likeness (QED) is 0.935. The molecule has 0 amide bonds. The van der Waals surface area contributed by atoms with Crippen LogP contribution < -0.4 is 5.32 Å². The summed E-state index contributed by atoms with van der Waals surface area (Å²) in [6.07, 6.45) is 2.72. The average Bonchev–Trinajstić information content (AvgIpc) is 3.09. The highest BCUT2D eigenvalue weighted by atomic mass is 79.9. The maximum atomic E-state index is 4.57. The number of nitrogens with zero attached hydrogens (tertiary/aromatic N) is 3. The van der Waals surface area contributed by atoms with Gasteiger partial charge in [0.15, 0.2) is 0 Å². The van der Waals surface area contributed by atoms with E-state index in [1.54, 1.807) is 0 Å². The topological polar surface area (TPSA) is 42.2 Å². The third-order valence-corrected chi connectivity index (χ3v) is 4.36. The molecule has 1 aliphatic rings. The molecule has 4 nitrogen and oxygen atoms in total. The normalized spacial score (nSPS) is 15.8. The summed E-state index contributed by atoms with van der Waals surface area (Å²) >= 11 is 3.52. The Kier molecular flexibility index (Phi) is 3.87. The molecule has 2 aromatic rings. The molecule has 104 valence electrons. The predicted molar refractivity (Wildman–Crippen MR) is 84.1 cm³/mol. The fraction of sp³-hybridized carbons (Fsp3) is 0.333. The predicted octanol–water partition coefficient (Wildman–Crippen LogP) is 2.71. The highest BCUT2D eigenvalue weighted by molar-refractivity contribution is 9.10. The van der Waals surface area contributed by atoms with Crippen LogP contribution in [0.1, 0.15) is 23.7 Å². The van der Waals surface area contributed by atoms with Crippen molar-refractivity contribution in [2.45, 2.75) is 12.3 Å². The van der Waals surface area contributed by atoms with Gasteiger partial charge in [0, 0.05) is 25.9 Å². The maximum absolute atomic E-state index is 4.57. The van der Waals surface area contributed by atoms with Gasteiger partial charge in [0.25, 0.3) is 0 Å². The molecule has 0 aliphatic carbocycles. The molecule has 1 aromatic heterocycles. The zero-order valence-electron chi connectivity index (χ0n) is 11.4. The molecule has 1 aromatic carbocycles. The van der Waals surface area contributed by atoms with E-state index in [9.17, 15) is 0 Å². The molecular formula is C15H17BrN4. The highest BCUT2D eigenvalue weighted by Gasteiger charge is 2.22. The molecule has 1 unspecified atom stereocenters. The Labute approximate surface area is 127 Å². The summed E-state index contributed by atoms with van der Waals surface area (Å²) < 4.78 is 3.09. The monoisotopic (exact) mass is 332 g/mol. The molecule has 0 saturated heterocycles. The number of aliphatic imine (C=N–C) groups is 1. The number of hydrogen-bond acceptors (Lipinski definition) is 3. The van der Waals surface area contributed by atoms with Crippen LogP contribution in [-0.4, -0.2) is 28.5 Å². The number of nitrogens with one attached hydrogen (secondary N) is 1. The fourth-order valence-corrected chi connectivity index (χ4v) is 2.83. The van der Waals surface area contributed by atoms with Crippen molar-refractivity contribution in [3.05, 3.63) is 52.5 Å². The number of hydrogen-bond donors (Lipinski definition) is 1. The smallest absolute Gasteiger partial charge is 0.117 e. The lowest BCUT2D eigenvalue weighted by atomic mass is 9.94. The van der Waals surface area contributed by atoms with Gasteiger partial charge in [0.05, 0.1) is 18.6 Å². The van der Waals surface area contributed by atoms with Gasteiger partial charge in [-0.3, -0.25) is 4.99 Å². The van der Waals surface area contributed by atoms with Crippen LogP contribution in [0.25, 0.3) is 0 Å². The average molecular weight is 333 g/mol. The van der Waals surface area contributed by atoms with Crippen molar-refractivity contribution in [2.24, 2.45) is 12.0 Å². The minimum Gasteiger partial charge on any atom is -0.372 e. The van der Waals surface area contributed by atoms with E-state index in [2.05, 4.69) is 60.1 Å². The first kappa shape index (κ1) is 13.4. The summed E-state index contributed by atoms with van der Waals surface area (Å²) in [5.41, 5.74) is 1.27. The second kappa shape index (κ2) is 5.79. The van der Waals surface area contributed by atoms with Crippen molar-refractivity contribution in [3.8, 4) is 0 Å². The van der Waals surface area contributed by atoms with Gasteiger partial charge >= 0.3 is 0 Å². The lowest BCUT2D eigenvalue weighted by Gasteiger charge is -2.18. The molecule has 20 heavy (non-hydrogen) atoms. The first-order valence-electron chi connectivity index (χ1n) is 6.75. The molecule has 3 rings (SSSR count). The Morgan fingerprint density at radius 2 is 2.15 bits per heavy atom. The van der Waals surface area contributed by atoms with Crippen molar-refractivity contribution >= 4 is 21.8 Å². The SMILES string of the molecule is Cn1c(Br)cnc1C(CC1=NCCN1)c1ccccc1.